The van der Waals surface area contributed by atoms with Crippen LogP contribution in [0.1, 0.15) is 33.3 Å². The van der Waals surface area contributed by atoms with E-state index in [1.54, 1.807) is 24.3 Å². The fraction of sp³-hybridized carbons (Fsp3) is 0.241. The highest BCUT2D eigenvalue weighted by Gasteiger charge is 2.49. The number of aliphatic hydroxyl groups is 1. The van der Waals surface area contributed by atoms with Gasteiger partial charge in [-0.2, -0.15) is 0 Å². The van der Waals surface area contributed by atoms with Gasteiger partial charge in [0.1, 0.15) is 0 Å². The van der Waals surface area contributed by atoms with Crippen molar-refractivity contribution in [3.63, 3.8) is 0 Å². The Morgan fingerprint density at radius 3 is 1.77 bits per heavy atom. The SMILES string of the molecule is [2H]C1([2H])c2ccccc2C([2H])([2H])C2Cc3ccccc3CC1C2(O)c1cccc2ccccc12. The summed E-state index contributed by atoms with van der Waals surface area (Å²) >= 11 is 0. The lowest BCUT2D eigenvalue weighted by Crippen LogP contribution is -2.43. The Labute approximate surface area is 183 Å². The number of hydrogen-bond acceptors (Lipinski definition) is 1. The highest BCUT2D eigenvalue weighted by atomic mass is 16.3. The van der Waals surface area contributed by atoms with Gasteiger partial charge in [-0.05, 0) is 64.2 Å². The van der Waals surface area contributed by atoms with Crippen molar-refractivity contribution in [2.24, 2.45) is 11.8 Å². The van der Waals surface area contributed by atoms with Crippen LogP contribution in [0.25, 0.3) is 10.8 Å². The Kier molecular flexibility index (Phi) is 3.22. The van der Waals surface area contributed by atoms with Crippen molar-refractivity contribution in [3.8, 4) is 0 Å². The van der Waals surface area contributed by atoms with Crippen LogP contribution in [0.2, 0.25) is 0 Å². The summed E-state index contributed by atoms with van der Waals surface area (Å²) in [5.41, 5.74) is 1.50. The molecule has 4 aromatic rings. The number of fused-ring (bicyclic) bond motifs is 5. The monoisotopic (exact) mass is 394 g/mol. The van der Waals surface area contributed by atoms with Gasteiger partial charge in [0.05, 0.1) is 5.60 Å². The molecule has 6 rings (SSSR count). The van der Waals surface area contributed by atoms with Gasteiger partial charge in [-0.15, -0.1) is 0 Å². The third-order valence-corrected chi connectivity index (χ3v) is 6.84. The molecule has 0 heterocycles. The predicted octanol–water partition coefficient (Wildman–Crippen LogP) is 5.86. The molecule has 148 valence electrons. The van der Waals surface area contributed by atoms with Crippen LogP contribution in [0.15, 0.2) is 91.0 Å². The molecule has 0 aromatic heterocycles. The van der Waals surface area contributed by atoms with Crippen molar-refractivity contribution < 1.29 is 10.6 Å². The average Bonchev–Trinajstić information content (AvgIpc) is 3.01. The van der Waals surface area contributed by atoms with Crippen molar-refractivity contribution in [1.29, 1.82) is 0 Å². The summed E-state index contributed by atoms with van der Waals surface area (Å²) in [6.45, 7) is 0. The fourth-order valence-electron chi connectivity index (χ4n) is 5.33. The minimum absolute atomic E-state index is 0.323. The Bertz CT molecular complexity index is 1340. The maximum Gasteiger partial charge on any atom is 0.0971 e. The molecular formula is C29H26O. The van der Waals surface area contributed by atoms with E-state index in [1.807, 2.05) is 66.7 Å². The van der Waals surface area contributed by atoms with Crippen LogP contribution >= 0.6 is 0 Å². The highest BCUT2D eigenvalue weighted by Crippen LogP contribution is 2.50. The second kappa shape index (κ2) is 6.82. The van der Waals surface area contributed by atoms with Crippen LogP contribution in [0.3, 0.4) is 0 Å². The number of benzene rings is 4. The van der Waals surface area contributed by atoms with Gasteiger partial charge in [-0.3, -0.25) is 0 Å². The van der Waals surface area contributed by atoms with E-state index in [1.165, 1.54) is 0 Å². The zero-order chi connectivity index (χ0) is 23.7. The predicted molar refractivity (Wildman–Crippen MR) is 123 cm³/mol. The lowest BCUT2D eigenvalue weighted by atomic mass is 9.68. The van der Waals surface area contributed by atoms with E-state index in [9.17, 15) is 10.6 Å². The summed E-state index contributed by atoms with van der Waals surface area (Å²) in [6.07, 6.45) is -3.27. The molecular weight excluding hydrogens is 364 g/mol. The van der Waals surface area contributed by atoms with Crippen molar-refractivity contribution in [3.05, 3.63) is 119 Å². The Hall–Kier alpha value is -2.90. The molecule has 0 fully saturated rings. The standard InChI is InChI=1S/C29H26O/c30-29(28-15-7-13-20-8-5-6-14-27(20)28)25-16-21-9-1-2-10-22(21)17-26(29)19-24-12-4-3-11-23(24)18-25/h1-15,25-26,30H,16-19H2/i16D2,17D2. The van der Waals surface area contributed by atoms with Gasteiger partial charge in [-0.1, -0.05) is 91.0 Å². The van der Waals surface area contributed by atoms with Gasteiger partial charge in [0.2, 0.25) is 0 Å². The second-order valence-electron chi connectivity index (χ2n) is 8.47. The Balaban J connectivity index is 1.74. The zero-order valence-corrected chi connectivity index (χ0v) is 16.7. The molecule has 0 radical (unpaired) electrons. The van der Waals surface area contributed by atoms with Gasteiger partial charge in [0.25, 0.3) is 0 Å². The molecule has 0 saturated carbocycles. The van der Waals surface area contributed by atoms with Crippen molar-refractivity contribution in [1.82, 2.24) is 0 Å². The van der Waals surface area contributed by atoms with E-state index >= 15 is 0 Å². The van der Waals surface area contributed by atoms with Gasteiger partial charge in [0, 0.05) is 17.3 Å². The molecule has 0 saturated heterocycles. The van der Waals surface area contributed by atoms with Crippen LogP contribution in [0.4, 0.5) is 0 Å². The van der Waals surface area contributed by atoms with E-state index in [0.717, 1.165) is 21.9 Å². The molecule has 2 unspecified atom stereocenters. The van der Waals surface area contributed by atoms with Crippen LogP contribution in [-0.2, 0) is 31.2 Å². The minimum Gasteiger partial charge on any atom is -0.385 e. The first-order chi connectivity index (χ1) is 16.3. The molecule has 0 amide bonds. The number of hydrogen-bond donors (Lipinski definition) is 1. The molecule has 0 spiro atoms. The summed E-state index contributed by atoms with van der Waals surface area (Å²) in [7, 11) is 0. The minimum atomic E-state index is -1.96. The average molecular weight is 395 g/mol. The van der Waals surface area contributed by atoms with Crippen molar-refractivity contribution in [2.45, 2.75) is 31.2 Å². The number of rotatable bonds is 1. The molecule has 2 atom stereocenters. The zero-order valence-electron chi connectivity index (χ0n) is 20.7. The van der Waals surface area contributed by atoms with Gasteiger partial charge < -0.3 is 5.11 Å². The van der Waals surface area contributed by atoms with Gasteiger partial charge >= 0.3 is 0 Å². The first kappa shape index (κ1) is 14.2. The second-order valence-corrected chi connectivity index (χ2v) is 8.47. The van der Waals surface area contributed by atoms with Crippen molar-refractivity contribution in [2.75, 3.05) is 0 Å². The molecule has 1 N–H and O–H groups in total. The summed E-state index contributed by atoms with van der Waals surface area (Å²) in [4.78, 5) is 0. The Morgan fingerprint density at radius 1 is 0.633 bits per heavy atom. The molecule has 2 aliphatic rings. The largest absolute Gasteiger partial charge is 0.385 e. The quantitative estimate of drug-likeness (QED) is 0.429. The summed E-state index contributed by atoms with van der Waals surface area (Å²) in [6, 6.07) is 28.3. The normalized spacial score (nSPS) is 30.4. The summed E-state index contributed by atoms with van der Waals surface area (Å²) in [5, 5.41) is 14.7. The smallest absolute Gasteiger partial charge is 0.0971 e. The van der Waals surface area contributed by atoms with E-state index in [4.69, 9.17) is 0 Å². The van der Waals surface area contributed by atoms with Crippen LogP contribution in [0.5, 0.6) is 0 Å². The fourth-order valence-corrected chi connectivity index (χ4v) is 5.33. The Morgan fingerprint density at radius 2 is 1.13 bits per heavy atom. The molecule has 0 aliphatic heterocycles. The summed E-state index contributed by atoms with van der Waals surface area (Å²) in [5.74, 6) is -1.75. The third kappa shape index (κ3) is 2.66. The van der Waals surface area contributed by atoms with E-state index in [0.29, 0.717) is 29.5 Å². The highest BCUT2D eigenvalue weighted by molar-refractivity contribution is 5.86. The van der Waals surface area contributed by atoms with Crippen molar-refractivity contribution >= 4 is 10.8 Å². The third-order valence-electron chi connectivity index (χ3n) is 6.84. The lowest BCUT2D eigenvalue weighted by molar-refractivity contribution is -0.0700. The van der Waals surface area contributed by atoms with E-state index in [2.05, 4.69) is 0 Å². The van der Waals surface area contributed by atoms with E-state index < -0.39 is 30.2 Å². The topological polar surface area (TPSA) is 20.2 Å². The van der Waals surface area contributed by atoms with E-state index in [-0.39, 0.29) is 0 Å². The molecule has 1 nitrogen and oxygen atoms in total. The van der Waals surface area contributed by atoms with Gasteiger partial charge in [-0.25, -0.2) is 0 Å². The maximum absolute atomic E-state index is 12.9. The maximum atomic E-state index is 12.9. The first-order valence-electron chi connectivity index (χ1n) is 12.6. The molecule has 2 aliphatic carbocycles. The van der Waals surface area contributed by atoms with Crippen LogP contribution in [-0.4, -0.2) is 5.11 Å². The first-order valence-corrected chi connectivity index (χ1v) is 10.6. The molecule has 2 bridgehead atoms. The van der Waals surface area contributed by atoms with Gasteiger partial charge in [0.15, 0.2) is 0 Å². The molecule has 30 heavy (non-hydrogen) atoms. The van der Waals surface area contributed by atoms with Crippen LogP contribution in [0, 0.1) is 11.8 Å². The van der Waals surface area contributed by atoms with Crippen LogP contribution < -0.4 is 0 Å². The summed E-state index contributed by atoms with van der Waals surface area (Å²) < 4.78 is 37.6. The molecule has 4 aromatic carbocycles. The molecule has 1 heteroatoms. The lowest BCUT2D eigenvalue weighted by Gasteiger charge is -2.41.